The summed E-state index contributed by atoms with van der Waals surface area (Å²) in [5, 5.41) is 0. The van der Waals surface area contributed by atoms with Gasteiger partial charge in [-0.15, -0.1) is 12.4 Å². The summed E-state index contributed by atoms with van der Waals surface area (Å²) in [6, 6.07) is 5.23. The van der Waals surface area contributed by atoms with Crippen LogP contribution in [0.5, 0.6) is 0 Å². The minimum Gasteiger partial charge on any atom is -0.330 e. The highest BCUT2D eigenvalue weighted by molar-refractivity contribution is 7.91. The van der Waals surface area contributed by atoms with Gasteiger partial charge in [-0.3, -0.25) is 0 Å². The van der Waals surface area contributed by atoms with Crippen LogP contribution in [-0.2, 0) is 19.9 Å². The minimum atomic E-state index is -3.76. The maximum atomic E-state index is 12.5. The Balaban J connectivity index is 0.00000264. The molecule has 2 unspecified atom stereocenters. The molecule has 0 saturated heterocycles. The molecule has 0 amide bonds. The summed E-state index contributed by atoms with van der Waals surface area (Å²) >= 11 is 0. The monoisotopic (exact) mass is 382 g/mol. The maximum absolute atomic E-state index is 12.5. The molecule has 1 saturated carbocycles. The van der Waals surface area contributed by atoms with E-state index in [4.69, 9.17) is 5.73 Å². The van der Waals surface area contributed by atoms with Gasteiger partial charge >= 0.3 is 0 Å². The summed E-state index contributed by atoms with van der Waals surface area (Å²) in [5.74, 6) is 0.126. The third-order valence-electron chi connectivity index (χ3n) is 4.06. The summed E-state index contributed by atoms with van der Waals surface area (Å²) in [4.78, 5) is -0.0360. The number of nitrogens with two attached hydrogens (primary N) is 1. The molecule has 132 valence electrons. The second kappa shape index (κ2) is 7.94. The topological polar surface area (TPSA) is 106 Å². The van der Waals surface area contributed by atoms with Crippen molar-refractivity contribution in [3.8, 4) is 0 Å². The van der Waals surface area contributed by atoms with E-state index < -0.39 is 19.9 Å². The molecule has 2 atom stereocenters. The number of sulfonamides is 1. The van der Waals surface area contributed by atoms with Crippen molar-refractivity contribution >= 4 is 32.3 Å². The van der Waals surface area contributed by atoms with Gasteiger partial charge in [0.15, 0.2) is 9.84 Å². The van der Waals surface area contributed by atoms with Crippen LogP contribution >= 0.6 is 12.4 Å². The number of hydrogen-bond acceptors (Lipinski definition) is 5. The second-order valence-electron chi connectivity index (χ2n) is 5.76. The number of benzene rings is 1. The average molecular weight is 383 g/mol. The van der Waals surface area contributed by atoms with Crippen molar-refractivity contribution in [2.24, 2.45) is 11.7 Å². The molecule has 1 aliphatic rings. The molecule has 0 spiro atoms. The summed E-state index contributed by atoms with van der Waals surface area (Å²) in [6.45, 7) is 0.441. The predicted octanol–water partition coefficient (Wildman–Crippen LogP) is 1.31. The lowest BCUT2D eigenvalue weighted by atomic mass is 9.85. The van der Waals surface area contributed by atoms with Gasteiger partial charge in [0.1, 0.15) is 0 Å². The molecule has 1 aliphatic carbocycles. The van der Waals surface area contributed by atoms with Crippen molar-refractivity contribution in [3.63, 3.8) is 0 Å². The first kappa shape index (κ1) is 20.4. The van der Waals surface area contributed by atoms with Crippen molar-refractivity contribution in [1.82, 2.24) is 4.72 Å². The van der Waals surface area contributed by atoms with Crippen molar-refractivity contribution < 1.29 is 16.8 Å². The Morgan fingerprint density at radius 1 is 1.13 bits per heavy atom. The Kier molecular flexibility index (Phi) is 7.03. The lowest BCUT2D eigenvalue weighted by Crippen LogP contribution is -2.44. The zero-order valence-corrected chi connectivity index (χ0v) is 15.4. The third-order valence-corrected chi connectivity index (χ3v) is 6.66. The highest BCUT2D eigenvalue weighted by atomic mass is 35.5. The highest BCUT2D eigenvalue weighted by Gasteiger charge is 2.29. The summed E-state index contributed by atoms with van der Waals surface area (Å²) in [7, 11) is -7.20. The van der Waals surface area contributed by atoms with E-state index in [1.807, 2.05) is 0 Å². The smallest absolute Gasteiger partial charge is 0.240 e. The van der Waals surface area contributed by atoms with Crippen LogP contribution in [0.25, 0.3) is 0 Å². The van der Waals surface area contributed by atoms with Gasteiger partial charge in [0.05, 0.1) is 9.79 Å². The van der Waals surface area contributed by atoms with Gasteiger partial charge in [0.2, 0.25) is 10.0 Å². The lowest BCUT2D eigenvalue weighted by molar-refractivity contribution is 0.296. The summed E-state index contributed by atoms with van der Waals surface area (Å²) < 4.78 is 50.8. The fourth-order valence-corrected chi connectivity index (χ4v) is 4.91. The van der Waals surface area contributed by atoms with Crippen molar-refractivity contribution in [3.05, 3.63) is 24.3 Å². The van der Waals surface area contributed by atoms with Crippen molar-refractivity contribution in [2.75, 3.05) is 12.8 Å². The standard InChI is InChI=1S/C14H22N2O4S2.ClH/c1-21(17,18)12-6-4-7-13(9-12)22(19,20)16-14-8-3-2-5-11(14)10-15;/h4,6-7,9,11,14,16H,2-3,5,8,10,15H2,1H3;1H. The number of rotatable bonds is 5. The zero-order chi connectivity index (χ0) is 16.4. The van der Waals surface area contributed by atoms with Gasteiger partial charge in [-0.25, -0.2) is 21.6 Å². The van der Waals surface area contributed by atoms with Gasteiger partial charge in [-0.05, 0) is 43.5 Å². The summed E-state index contributed by atoms with van der Waals surface area (Å²) in [5.41, 5.74) is 5.72. The fourth-order valence-electron chi connectivity index (χ4n) is 2.78. The number of nitrogens with one attached hydrogen (secondary N) is 1. The van der Waals surface area contributed by atoms with Crippen LogP contribution in [-0.4, -0.2) is 35.7 Å². The van der Waals surface area contributed by atoms with Gasteiger partial charge in [0.25, 0.3) is 0 Å². The summed E-state index contributed by atoms with van der Waals surface area (Å²) in [6.07, 6.45) is 4.74. The zero-order valence-electron chi connectivity index (χ0n) is 12.9. The van der Waals surface area contributed by atoms with E-state index in [0.29, 0.717) is 6.54 Å². The first-order chi connectivity index (χ1) is 10.2. The molecule has 1 fully saturated rings. The Labute approximate surface area is 144 Å². The van der Waals surface area contributed by atoms with E-state index in [2.05, 4.69) is 4.72 Å². The molecule has 1 aromatic rings. The predicted molar refractivity (Wildman–Crippen MR) is 91.9 cm³/mol. The van der Waals surface area contributed by atoms with Gasteiger partial charge < -0.3 is 5.73 Å². The van der Waals surface area contributed by atoms with Crippen LogP contribution in [0.4, 0.5) is 0 Å². The Morgan fingerprint density at radius 2 is 1.74 bits per heavy atom. The number of halogens is 1. The van der Waals surface area contributed by atoms with Crippen LogP contribution in [0.1, 0.15) is 25.7 Å². The van der Waals surface area contributed by atoms with Crippen molar-refractivity contribution in [2.45, 2.75) is 41.5 Å². The first-order valence-electron chi connectivity index (χ1n) is 7.26. The van der Waals surface area contributed by atoms with Crippen molar-refractivity contribution in [1.29, 1.82) is 0 Å². The number of hydrogen-bond donors (Lipinski definition) is 2. The Hall–Kier alpha value is -0.670. The molecular weight excluding hydrogens is 360 g/mol. The Morgan fingerprint density at radius 3 is 2.35 bits per heavy atom. The van der Waals surface area contributed by atoms with Gasteiger partial charge in [-0.1, -0.05) is 18.9 Å². The molecule has 0 heterocycles. The van der Waals surface area contributed by atoms with Crippen LogP contribution < -0.4 is 10.5 Å². The second-order valence-corrected chi connectivity index (χ2v) is 9.48. The Bertz CT molecular complexity index is 735. The molecule has 0 bridgehead atoms. The van der Waals surface area contributed by atoms with E-state index in [9.17, 15) is 16.8 Å². The largest absolute Gasteiger partial charge is 0.330 e. The van der Waals surface area contributed by atoms with E-state index in [1.54, 1.807) is 0 Å². The van der Waals surface area contributed by atoms with E-state index >= 15 is 0 Å². The SMILES string of the molecule is CS(=O)(=O)c1cccc(S(=O)(=O)NC2CCCCC2CN)c1.Cl. The third kappa shape index (κ3) is 5.15. The van der Waals surface area contributed by atoms with Crippen LogP contribution in [0, 0.1) is 5.92 Å². The quantitative estimate of drug-likeness (QED) is 0.798. The van der Waals surface area contributed by atoms with Gasteiger partial charge in [-0.2, -0.15) is 0 Å². The normalized spacial score (nSPS) is 22.3. The molecule has 3 N–H and O–H groups in total. The van der Waals surface area contributed by atoms with Crippen LogP contribution in [0.3, 0.4) is 0 Å². The molecular formula is C14H23ClN2O4S2. The molecule has 23 heavy (non-hydrogen) atoms. The molecule has 0 aliphatic heterocycles. The molecule has 1 aromatic carbocycles. The first-order valence-corrected chi connectivity index (χ1v) is 10.6. The lowest BCUT2D eigenvalue weighted by Gasteiger charge is -2.31. The van der Waals surface area contributed by atoms with E-state index in [-0.39, 0.29) is 34.2 Å². The fraction of sp³-hybridized carbons (Fsp3) is 0.571. The molecule has 9 heteroatoms. The van der Waals surface area contributed by atoms with Crippen LogP contribution in [0.15, 0.2) is 34.1 Å². The van der Waals surface area contributed by atoms with Crippen LogP contribution in [0.2, 0.25) is 0 Å². The molecule has 0 radical (unpaired) electrons. The minimum absolute atomic E-state index is 0. The van der Waals surface area contributed by atoms with E-state index in [0.717, 1.165) is 31.9 Å². The molecule has 2 rings (SSSR count). The molecule has 6 nitrogen and oxygen atoms in total. The van der Waals surface area contributed by atoms with Gasteiger partial charge in [0, 0.05) is 12.3 Å². The maximum Gasteiger partial charge on any atom is 0.240 e. The highest BCUT2D eigenvalue weighted by Crippen LogP contribution is 2.25. The van der Waals surface area contributed by atoms with E-state index in [1.165, 1.54) is 24.3 Å². The molecule has 0 aromatic heterocycles. The number of sulfone groups is 1. The average Bonchev–Trinajstić information content (AvgIpc) is 2.47.